The van der Waals surface area contributed by atoms with Crippen molar-refractivity contribution in [2.24, 2.45) is 0 Å². The largest absolute Gasteiger partial charge is 0.375 e. The van der Waals surface area contributed by atoms with Gasteiger partial charge >= 0.3 is 0 Å². The highest BCUT2D eigenvalue weighted by atomic mass is 32.2. The first-order valence-electron chi connectivity index (χ1n) is 6.02. The summed E-state index contributed by atoms with van der Waals surface area (Å²) in [5.74, 6) is 1.96. The van der Waals surface area contributed by atoms with E-state index in [1.165, 1.54) is 23.5 Å². The van der Waals surface area contributed by atoms with Gasteiger partial charge in [-0.1, -0.05) is 0 Å². The lowest BCUT2D eigenvalue weighted by atomic mass is 10.5. The average molecular weight is 320 g/mol. The second-order valence-corrected chi connectivity index (χ2v) is 6.09. The number of nitrogens with zero attached hydrogens (tertiary/aromatic N) is 2. The van der Waals surface area contributed by atoms with Crippen LogP contribution in [-0.2, 0) is 0 Å². The van der Waals surface area contributed by atoms with Crippen molar-refractivity contribution in [2.75, 3.05) is 24.6 Å². The van der Waals surface area contributed by atoms with Gasteiger partial charge in [0.2, 0.25) is 0 Å². The summed E-state index contributed by atoms with van der Waals surface area (Å²) in [6, 6.07) is 0. The fourth-order valence-electron chi connectivity index (χ4n) is 1.39. The van der Waals surface area contributed by atoms with Crippen molar-refractivity contribution in [2.45, 2.75) is 12.8 Å². The van der Waals surface area contributed by atoms with Crippen LogP contribution in [0.3, 0.4) is 0 Å². The third-order valence-electron chi connectivity index (χ3n) is 2.20. The summed E-state index contributed by atoms with van der Waals surface area (Å²) in [6.07, 6.45) is 4.20. The molecule has 0 spiro atoms. The Morgan fingerprint density at radius 1 is 0.900 bits per heavy atom. The van der Waals surface area contributed by atoms with E-state index in [9.17, 15) is 20.2 Å². The normalized spacial score (nSPS) is 22.2. The highest BCUT2D eigenvalue weighted by molar-refractivity contribution is 8.03. The molecule has 0 aromatic carbocycles. The average Bonchev–Trinajstić information content (AvgIpc) is 2.40. The number of hydrogen-bond acceptors (Lipinski definition) is 8. The zero-order valence-electron chi connectivity index (χ0n) is 10.7. The van der Waals surface area contributed by atoms with Gasteiger partial charge in [0.1, 0.15) is 10.1 Å². The summed E-state index contributed by atoms with van der Waals surface area (Å²) in [7, 11) is 0. The van der Waals surface area contributed by atoms with Gasteiger partial charge < -0.3 is 10.6 Å². The van der Waals surface area contributed by atoms with Crippen molar-refractivity contribution in [3.63, 3.8) is 0 Å². The molecule has 20 heavy (non-hydrogen) atoms. The summed E-state index contributed by atoms with van der Waals surface area (Å²) < 4.78 is 0. The summed E-state index contributed by atoms with van der Waals surface area (Å²) in [5, 5.41) is 27.1. The van der Waals surface area contributed by atoms with Crippen LogP contribution in [0.2, 0.25) is 0 Å². The fraction of sp³-hybridized carbons (Fsp3) is 0.600. The minimum Gasteiger partial charge on any atom is -0.375 e. The Balaban J connectivity index is 0.000000200. The molecule has 0 radical (unpaired) electrons. The third-order valence-corrected chi connectivity index (χ3v) is 4.31. The van der Waals surface area contributed by atoms with Crippen molar-refractivity contribution in [1.29, 1.82) is 0 Å². The van der Waals surface area contributed by atoms with E-state index in [1.54, 1.807) is 0 Å². The van der Waals surface area contributed by atoms with Gasteiger partial charge in [-0.25, -0.2) is 0 Å². The molecule has 0 amide bonds. The lowest BCUT2D eigenvalue weighted by Gasteiger charge is -2.12. The van der Waals surface area contributed by atoms with Crippen molar-refractivity contribution in [3.05, 3.63) is 42.7 Å². The monoisotopic (exact) mass is 320 g/mol. The van der Waals surface area contributed by atoms with E-state index in [1.807, 2.05) is 0 Å². The minimum absolute atomic E-state index is 0.430. The molecule has 0 aliphatic carbocycles. The van der Waals surface area contributed by atoms with E-state index >= 15 is 0 Å². The molecular weight excluding hydrogens is 304 g/mol. The maximum atomic E-state index is 9.94. The molecule has 0 unspecified atom stereocenters. The van der Waals surface area contributed by atoms with Crippen molar-refractivity contribution in [3.8, 4) is 0 Å². The SMILES string of the molecule is O=[N+]([O-])/C=C1/NCCCS1.O=[N+]([O-])/C=C1/NCCCS1. The Morgan fingerprint density at radius 3 is 1.55 bits per heavy atom. The molecule has 10 heteroatoms. The molecule has 0 aromatic rings. The Hall–Kier alpha value is -1.42. The fourth-order valence-corrected chi connectivity index (χ4v) is 3.14. The lowest BCUT2D eigenvalue weighted by molar-refractivity contribution is -0.403. The van der Waals surface area contributed by atoms with Gasteiger partial charge in [-0.3, -0.25) is 20.2 Å². The maximum absolute atomic E-state index is 9.94. The molecule has 112 valence electrons. The molecule has 2 aliphatic rings. The van der Waals surface area contributed by atoms with E-state index in [0.29, 0.717) is 10.1 Å². The quantitative estimate of drug-likeness (QED) is 0.583. The number of rotatable bonds is 2. The molecule has 8 nitrogen and oxygen atoms in total. The van der Waals surface area contributed by atoms with Gasteiger partial charge in [-0.2, -0.15) is 0 Å². The van der Waals surface area contributed by atoms with E-state index in [4.69, 9.17) is 0 Å². The highest BCUT2D eigenvalue weighted by Gasteiger charge is 2.08. The molecule has 0 atom stereocenters. The van der Waals surface area contributed by atoms with Gasteiger partial charge in [0.25, 0.3) is 12.4 Å². The Kier molecular flexibility index (Phi) is 7.88. The summed E-state index contributed by atoms with van der Waals surface area (Å²) in [4.78, 5) is 19.0. The van der Waals surface area contributed by atoms with Crippen LogP contribution in [0.15, 0.2) is 22.5 Å². The van der Waals surface area contributed by atoms with E-state index in [0.717, 1.165) is 49.8 Å². The molecule has 2 fully saturated rings. The van der Waals surface area contributed by atoms with Crippen molar-refractivity contribution in [1.82, 2.24) is 10.6 Å². The minimum atomic E-state index is -0.430. The molecule has 2 heterocycles. The van der Waals surface area contributed by atoms with Crippen LogP contribution >= 0.6 is 23.5 Å². The standard InChI is InChI=1S/2C5H8N2O2S/c2*8-7(9)4-5-6-2-1-3-10-5/h2*4,6H,1-3H2/b2*5-4-. The Morgan fingerprint density at radius 2 is 1.30 bits per heavy atom. The van der Waals surface area contributed by atoms with Crippen LogP contribution in [0.25, 0.3) is 0 Å². The molecule has 2 N–H and O–H groups in total. The van der Waals surface area contributed by atoms with Gasteiger partial charge in [-0.05, 0) is 12.8 Å². The van der Waals surface area contributed by atoms with Crippen molar-refractivity contribution < 1.29 is 9.85 Å². The predicted molar refractivity (Wildman–Crippen MR) is 80.3 cm³/mol. The molecule has 2 aliphatic heterocycles. The highest BCUT2D eigenvalue weighted by Crippen LogP contribution is 2.17. The van der Waals surface area contributed by atoms with Crippen molar-refractivity contribution >= 4 is 23.5 Å². The van der Waals surface area contributed by atoms with E-state index in [-0.39, 0.29) is 0 Å². The number of thioether (sulfide) groups is 2. The lowest BCUT2D eigenvalue weighted by Crippen LogP contribution is -2.19. The van der Waals surface area contributed by atoms with Gasteiger partial charge in [0, 0.05) is 24.6 Å². The molecule has 0 aromatic heterocycles. The van der Waals surface area contributed by atoms with Gasteiger partial charge in [0.05, 0.1) is 9.85 Å². The van der Waals surface area contributed by atoms with Crippen LogP contribution in [0.5, 0.6) is 0 Å². The van der Waals surface area contributed by atoms with Crippen LogP contribution in [0.1, 0.15) is 12.8 Å². The zero-order chi connectivity index (χ0) is 14.8. The van der Waals surface area contributed by atoms with Gasteiger partial charge in [0.15, 0.2) is 0 Å². The summed E-state index contributed by atoms with van der Waals surface area (Å²) in [5.41, 5.74) is 0. The van der Waals surface area contributed by atoms with E-state index < -0.39 is 9.85 Å². The third kappa shape index (κ3) is 7.89. The topological polar surface area (TPSA) is 110 Å². The molecule has 0 saturated carbocycles. The number of hydrogen-bond donors (Lipinski definition) is 2. The summed E-state index contributed by atoms with van der Waals surface area (Å²) in [6.45, 7) is 1.71. The first kappa shape index (κ1) is 16.6. The molecule has 2 rings (SSSR count). The Labute approximate surface area is 124 Å². The maximum Gasteiger partial charge on any atom is 0.263 e. The van der Waals surface area contributed by atoms with Crippen LogP contribution in [-0.4, -0.2) is 34.4 Å². The predicted octanol–water partition coefficient (Wildman–Crippen LogP) is 1.58. The van der Waals surface area contributed by atoms with Crippen LogP contribution < -0.4 is 10.6 Å². The zero-order valence-corrected chi connectivity index (χ0v) is 12.4. The van der Waals surface area contributed by atoms with E-state index in [2.05, 4.69) is 10.6 Å². The summed E-state index contributed by atoms with van der Waals surface area (Å²) >= 11 is 3.00. The smallest absolute Gasteiger partial charge is 0.263 e. The molecular formula is C10H16N4O4S2. The molecule has 0 bridgehead atoms. The number of nitrogens with one attached hydrogen (secondary N) is 2. The van der Waals surface area contributed by atoms with Crippen LogP contribution in [0, 0.1) is 20.2 Å². The second kappa shape index (κ2) is 9.48. The van der Waals surface area contributed by atoms with Crippen LogP contribution in [0.4, 0.5) is 0 Å². The first-order valence-corrected chi connectivity index (χ1v) is 7.99. The van der Waals surface area contributed by atoms with Gasteiger partial charge in [-0.15, -0.1) is 23.5 Å². The Bertz CT molecular complexity index is 360. The number of nitro groups is 2. The first-order chi connectivity index (χ1) is 9.58. The molecule has 2 saturated heterocycles. The second-order valence-electron chi connectivity index (χ2n) is 3.81.